The number of nitrogens with two attached hydrogens (primary N) is 1. The van der Waals surface area contributed by atoms with Gasteiger partial charge >= 0.3 is 0 Å². The predicted octanol–water partition coefficient (Wildman–Crippen LogP) is 1.25. The highest BCUT2D eigenvalue weighted by Crippen LogP contribution is 2.34. The van der Waals surface area contributed by atoms with E-state index in [1.165, 1.54) is 0 Å². The van der Waals surface area contributed by atoms with E-state index in [4.69, 9.17) is 5.73 Å². The molecular formula is C16H28ClN3O2. The molecule has 0 aromatic carbocycles. The molecule has 2 aliphatic heterocycles. The molecule has 0 spiro atoms. The zero-order valence-corrected chi connectivity index (χ0v) is 14.2. The molecule has 3 rings (SSSR count). The van der Waals surface area contributed by atoms with Crippen molar-refractivity contribution in [2.24, 2.45) is 23.0 Å². The maximum atomic E-state index is 12.7. The Morgan fingerprint density at radius 3 is 2.36 bits per heavy atom. The van der Waals surface area contributed by atoms with Gasteiger partial charge in [-0.25, -0.2) is 0 Å². The Kier molecular flexibility index (Phi) is 5.38. The second-order valence-corrected chi connectivity index (χ2v) is 7.42. The largest absolute Gasteiger partial charge is 0.342 e. The lowest BCUT2D eigenvalue weighted by Gasteiger charge is -2.34. The van der Waals surface area contributed by atoms with Crippen molar-refractivity contribution in [2.45, 2.75) is 39.0 Å². The van der Waals surface area contributed by atoms with Crippen molar-refractivity contribution in [1.82, 2.24) is 9.80 Å². The molecule has 2 saturated heterocycles. The van der Waals surface area contributed by atoms with Crippen LogP contribution in [0.2, 0.25) is 0 Å². The maximum Gasteiger partial charge on any atom is 0.227 e. The first-order valence-electron chi connectivity index (χ1n) is 8.30. The summed E-state index contributed by atoms with van der Waals surface area (Å²) in [5.41, 5.74) is 5.90. The summed E-state index contributed by atoms with van der Waals surface area (Å²) in [5.74, 6) is 0.772. The Bertz CT molecular complexity index is 441. The lowest BCUT2D eigenvalue weighted by molar-refractivity contribution is -0.141. The Labute approximate surface area is 139 Å². The number of carbonyl (C=O) groups is 2. The Morgan fingerprint density at radius 2 is 1.77 bits per heavy atom. The van der Waals surface area contributed by atoms with Gasteiger partial charge in [-0.15, -0.1) is 12.4 Å². The minimum absolute atomic E-state index is 0. The van der Waals surface area contributed by atoms with Crippen LogP contribution >= 0.6 is 12.4 Å². The summed E-state index contributed by atoms with van der Waals surface area (Å²) in [6, 6.07) is 0. The fourth-order valence-electron chi connectivity index (χ4n) is 3.60. The summed E-state index contributed by atoms with van der Waals surface area (Å²) >= 11 is 0. The van der Waals surface area contributed by atoms with Crippen LogP contribution in [-0.2, 0) is 9.59 Å². The number of halogens is 1. The maximum absolute atomic E-state index is 12.7. The summed E-state index contributed by atoms with van der Waals surface area (Å²) in [7, 11) is 0. The highest BCUT2D eigenvalue weighted by Gasteiger charge is 2.40. The van der Waals surface area contributed by atoms with Crippen molar-refractivity contribution in [2.75, 3.05) is 32.7 Å². The molecule has 6 heteroatoms. The van der Waals surface area contributed by atoms with Crippen LogP contribution in [0.15, 0.2) is 0 Å². The Hall–Kier alpha value is -0.810. The van der Waals surface area contributed by atoms with E-state index >= 15 is 0 Å². The van der Waals surface area contributed by atoms with Crippen molar-refractivity contribution in [3.63, 3.8) is 0 Å². The van der Waals surface area contributed by atoms with Gasteiger partial charge in [-0.05, 0) is 44.1 Å². The van der Waals surface area contributed by atoms with E-state index in [2.05, 4.69) is 6.92 Å². The molecule has 2 unspecified atom stereocenters. The topological polar surface area (TPSA) is 66.6 Å². The molecular weight excluding hydrogens is 302 g/mol. The van der Waals surface area contributed by atoms with Crippen LogP contribution in [0.25, 0.3) is 0 Å². The van der Waals surface area contributed by atoms with Crippen LogP contribution in [0.4, 0.5) is 0 Å². The summed E-state index contributed by atoms with van der Waals surface area (Å²) < 4.78 is 0. The van der Waals surface area contributed by atoms with Gasteiger partial charge in [-0.1, -0.05) is 6.92 Å². The minimum Gasteiger partial charge on any atom is -0.342 e. The number of nitrogens with zero attached hydrogens (tertiary/aromatic N) is 2. The predicted molar refractivity (Wildman–Crippen MR) is 87.6 cm³/mol. The van der Waals surface area contributed by atoms with Gasteiger partial charge in [0.05, 0.1) is 5.92 Å². The Balaban J connectivity index is 0.00000176. The number of carbonyl (C=O) groups excluding carboxylic acids is 2. The highest BCUT2D eigenvalue weighted by molar-refractivity contribution is 5.85. The van der Waals surface area contributed by atoms with Gasteiger partial charge in [0, 0.05) is 32.1 Å². The number of amides is 2. The summed E-state index contributed by atoms with van der Waals surface area (Å²) in [4.78, 5) is 28.8. The van der Waals surface area contributed by atoms with E-state index < -0.39 is 0 Å². The fourth-order valence-corrected chi connectivity index (χ4v) is 3.60. The van der Waals surface area contributed by atoms with Crippen molar-refractivity contribution >= 4 is 24.2 Å². The van der Waals surface area contributed by atoms with Gasteiger partial charge in [0.15, 0.2) is 0 Å². The van der Waals surface area contributed by atoms with E-state index in [0.29, 0.717) is 13.1 Å². The zero-order valence-electron chi connectivity index (χ0n) is 13.4. The first-order valence-corrected chi connectivity index (χ1v) is 8.30. The summed E-state index contributed by atoms with van der Waals surface area (Å²) in [6.07, 6.45) is 4.94. The van der Waals surface area contributed by atoms with Gasteiger partial charge in [0.2, 0.25) is 11.8 Å². The standard InChI is InChI=1S/C16H27N3O2.ClH/c1-16(10-17)6-8-19(11-16)15(21)13-3-2-7-18(9-13)14(20)12-4-5-12;/h12-13H,2-11,17H2,1H3;1H. The van der Waals surface area contributed by atoms with E-state index in [0.717, 1.165) is 51.7 Å². The van der Waals surface area contributed by atoms with Crippen LogP contribution in [0.1, 0.15) is 39.0 Å². The number of rotatable bonds is 3. The number of likely N-dealkylation sites (tertiary alicyclic amines) is 2. The third-order valence-electron chi connectivity index (χ3n) is 5.37. The molecule has 2 amide bonds. The average molecular weight is 330 g/mol. The van der Waals surface area contributed by atoms with Crippen molar-refractivity contribution in [3.05, 3.63) is 0 Å². The normalized spacial score (nSPS) is 31.8. The van der Waals surface area contributed by atoms with E-state index in [1.807, 2.05) is 9.80 Å². The molecule has 2 heterocycles. The zero-order chi connectivity index (χ0) is 15.0. The summed E-state index contributed by atoms with van der Waals surface area (Å²) in [6.45, 7) is 5.84. The molecule has 126 valence electrons. The van der Waals surface area contributed by atoms with E-state index in [9.17, 15) is 9.59 Å². The van der Waals surface area contributed by atoms with Crippen molar-refractivity contribution in [1.29, 1.82) is 0 Å². The molecule has 2 N–H and O–H groups in total. The molecule has 5 nitrogen and oxygen atoms in total. The van der Waals surface area contributed by atoms with Crippen LogP contribution in [0.3, 0.4) is 0 Å². The molecule has 1 saturated carbocycles. The molecule has 0 bridgehead atoms. The van der Waals surface area contributed by atoms with Crippen LogP contribution in [-0.4, -0.2) is 54.3 Å². The minimum atomic E-state index is 0. The second-order valence-electron chi connectivity index (χ2n) is 7.42. The van der Waals surface area contributed by atoms with Crippen LogP contribution < -0.4 is 5.73 Å². The van der Waals surface area contributed by atoms with Gasteiger partial charge in [-0.2, -0.15) is 0 Å². The molecule has 0 aromatic rings. The molecule has 22 heavy (non-hydrogen) atoms. The lowest BCUT2D eigenvalue weighted by Crippen LogP contribution is -2.47. The average Bonchev–Trinajstić information content (AvgIpc) is 3.29. The third kappa shape index (κ3) is 3.57. The molecule has 0 aromatic heterocycles. The summed E-state index contributed by atoms with van der Waals surface area (Å²) in [5, 5.41) is 0. The van der Waals surface area contributed by atoms with Crippen LogP contribution in [0.5, 0.6) is 0 Å². The van der Waals surface area contributed by atoms with Gasteiger partial charge < -0.3 is 15.5 Å². The van der Waals surface area contributed by atoms with Crippen molar-refractivity contribution in [3.8, 4) is 0 Å². The molecule has 3 fully saturated rings. The first-order chi connectivity index (χ1) is 10.0. The van der Waals surface area contributed by atoms with Gasteiger partial charge in [0.1, 0.15) is 0 Å². The number of hydrogen-bond donors (Lipinski definition) is 1. The SMILES string of the molecule is CC1(CN)CCN(C(=O)C2CCCN(C(=O)C3CC3)C2)C1.Cl. The highest BCUT2D eigenvalue weighted by atomic mass is 35.5. The quantitative estimate of drug-likeness (QED) is 0.847. The van der Waals surface area contributed by atoms with E-state index in [1.54, 1.807) is 0 Å². The number of piperidine rings is 1. The second kappa shape index (κ2) is 6.75. The first kappa shape index (κ1) is 17.5. The lowest BCUT2D eigenvalue weighted by atomic mass is 9.90. The van der Waals surface area contributed by atoms with E-state index in [-0.39, 0.29) is 41.5 Å². The molecule has 3 aliphatic rings. The smallest absolute Gasteiger partial charge is 0.227 e. The molecule has 2 atom stereocenters. The van der Waals surface area contributed by atoms with Gasteiger partial charge in [-0.3, -0.25) is 9.59 Å². The van der Waals surface area contributed by atoms with Crippen LogP contribution in [0, 0.1) is 17.3 Å². The fraction of sp³-hybridized carbons (Fsp3) is 0.875. The third-order valence-corrected chi connectivity index (χ3v) is 5.37. The van der Waals surface area contributed by atoms with Crippen molar-refractivity contribution < 1.29 is 9.59 Å². The molecule has 1 aliphatic carbocycles. The Morgan fingerprint density at radius 1 is 1.09 bits per heavy atom. The monoisotopic (exact) mass is 329 g/mol. The van der Waals surface area contributed by atoms with Gasteiger partial charge in [0.25, 0.3) is 0 Å². The number of hydrogen-bond acceptors (Lipinski definition) is 3. The molecule has 0 radical (unpaired) electrons.